The molecule has 4 aromatic rings. The van der Waals surface area contributed by atoms with Gasteiger partial charge in [-0.3, -0.25) is 4.90 Å². The molecule has 1 aromatic heterocycles. The molecular formula is C25H24Cl3N3O. The normalized spacial score (nSPS) is 16.2. The highest BCUT2D eigenvalue weighted by molar-refractivity contribution is 6.33. The van der Waals surface area contributed by atoms with Crippen molar-refractivity contribution in [3.63, 3.8) is 0 Å². The van der Waals surface area contributed by atoms with E-state index in [-0.39, 0.29) is 0 Å². The zero-order chi connectivity index (χ0) is 22.2. The molecule has 0 saturated carbocycles. The number of hydrogen-bond acceptors (Lipinski definition) is 3. The highest BCUT2D eigenvalue weighted by Gasteiger charge is 2.21. The average molecular weight is 489 g/mol. The van der Waals surface area contributed by atoms with Crippen LogP contribution in [0.1, 0.15) is 0 Å². The van der Waals surface area contributed by atoms with Crippen LogP contribution in [0.4, 0.5) is 5.69 Å². The molecular weight excluding hydrogens is 465 g/mol. The summed E-state index contributed by atoms with van der Waals surface area (Å²) in [6, 6.07) is 19.7. The van der Waals surface area contributed by atoms with Crippen LogP contribution in [0.15, 0.2) is 60.7 Å². The third-order valence-corrected chi connectivity index (χ3v) is 6.94. The van der Waals surface area contributed by atoms with Gasteiger partial charge in [0, 0.05) is 75.3 Å². The van der Waals surface area contributed by atoms with Crippen molar-refractivity contribution in [1.82, 2.24) is 9.47 Å². The number of anilines is 1. The Labute approximate surface area is 202 Å². The Morgan fingerprint density at radius 3 is 1.78 bits per heavy atom. The molecule has 0 amide bonds. The van der Waals surface area contributed by atoms with Gasteiger partial charge in [-0.25, -0.2) is 0 Å². The van der Waals surface area contributed by atoms with E-state index in [0.29, 0.717) is 23.1 Å². The van der Waals surface area contributed by atoms with E-state index < -0.39 is 6.10 Å². The number of halogens is 3. The average Bonchev–Trinajstić information content (AvgIpc) is 3.07. The molecule has 1 N–H and O–H groups in total. The first-order valence-corrected chi connectivity index (χ1v) is 11.9. The number of β-amino-alcohol motifs (C(OH)–C–C–N with tert-alkyl or cyclic N) is 1. The maximum atomic E-state index is 11.0. The fraction of sp³-hybridized carbons (Fsp3) is 0.280. The Bertz CT molecular complexity index is 1190. The van der Waals surface area contributed by atoms with E-state index in [1.165, 1.54) is 5.69 Å². The molecule has 1 aliphatic rings. The first-order valence-electron chi connectivity index (χ1n) is 10.8. The summed E-state index contributed by atoms with van der Waals surface area (Å²) < 4.78 is 2.17. The summed E-state index contributed by atoms with van der Waals surface area (Å²) in [5.74, 6) is 0. The predicted octanol–water partition coefficient (Wildman–Crippen LogP) is 5.94. The van der Waals surface area contributed by atoms with Crippen molar-refractivity contribution in [2.24, 2.45) is 0 Å². The van der Waals surface area contributed by atoms with Crippen LogP contribution < -0.4 is 4.90 Å². The lowest BCUT2D eigenvalue weighted by Crippen LogP contribution is -2.49. The predicted molar refractivity (Wildman–Crippen MR) is 136 cm³/mol. The number of aromatic nitrogens is 1. The van der Waals surface area contributed by atoms with Gasteiger partial charge in [-0.2, -0.15) is 0 Å². The van der Waals surface area contributed by atoms with Gasteiger partial charge in [-0.15, -0.1) is 0 Å². The van der Waals surface area contributed by atoms with Gasteiger partial charge in [0.05, 0.1) is 12.6 Å². The van der Waals surface area contributed by atoms with E-state index in [4.69, 9.17) is 34.8 Å². The van der Waals surface area contributed by atoms with Gasteiger partial charge in [-0.05, 0) is 60.7 Å². The molecule has 3 aromatic carbocycles. The monoisotopic (exact) mass is 487 g/mol. The van der Waals surface area contributed by atoms with Crippen molar-refractivity contribution < 1.29 is 5.11 Å². The summed E-state index contributed by atoms with van der Waals surface area (Å²) in [6.07, 6.45) is -0.484. The Kier molecular flexibility index (Phi) is 6.24. The molecule has 1 unspecified atom stereocenters. The largest absolute Gasteiger partial charge is 0.390 e. The summed E-state index contributed by atoms with van der Waals surface area (Å²) in [4.78, 5) is 4.69. The maximum Gasteiger partial charge on any atom is 0.0845 e. The van der Waals surface area contributed by atoms with Crippen molar-refractivity contribution in [1.29, 1.82) is 0 Å². The lowest BCUT2D eigenvalue weighted by atomic mass is 10.1. The number of benzene rings is 3. The Morgan fingerprint density at radius 2 is 1.22 bits per heavy atom. The molecule has 2 heterocycles. The molecule has 32 heavy (non-hydrogen) atoms. The standard InChI is InChI=1S/C25H24Cl3N3O/c26-17-1-5-20(6-2-17)30-11-9-29(10-12-30)15-21(32)16-31-24-7-3-18(27)13-22(24)23-14-19(28)4-8-25(23)31/h1-8,13-14,21,32H,9-12,15-16H2. The summed E-state index contributed by atoms with van der Waals surface area (Å²) in [5.41, 5.74) is 3.30. The SMILES string of the molecule is OC(CN1CCN(c2ccc(Cl)cc2)CC1)Cn1c2ccc(Cl)cc2c2cc(Cl)ccc21. The minimum atomic E-state index is -0.484. The second-order valence-corrected chi connectivity index (χ2v) is 9.66. The zero-order valence-corrected chi connectivity index (χ0v) is 19.8. The number of aliphatic hydroxyl groups is 1. The Balaban J connectivity index is 1.29. The summed E-state index contributed by atoms with van der Waals surface area (Å²) in [6.45, 7) is 4.84. The highest BCUT2D eigenvalue weighted by Crippen LogP contribution is 2.33. The number of rotatable bonds is 5. The number of hydrogen-bond donors (Lipinski definition) is 1. The molecule has 1 aliphatic heterocycles. The van der Waals surface area contributed by atoms with Gasteiger partial charge in [0.2, 0.25) is 0 Å². The second kappa shape index (κ2) is 9.12. The molecule has 4 nitrogen and oxygen atoms in total. The van der Waals surface area contributed by atoms with E-state index in [0.717, 1.165) is 53.0 Å². The highest BCUT2D eigenvalue weighted by atomic mass is 35.5. The molecule has 7 heteroatoms. The van der Waals surface area contributed by atoms with Gasteiger partial charge < -0.3 is 14.6 Å². The van der Waals surface area contributed by atoms with Crippen molar-refractivity contribution in [2.45, 2.75) is 12.6 Å². The van der Waals surface area contributed by atoms with Crippen LogP contribution >= 0.6 is 34.8 Å². The smallest absolute Gasteiger partial charge is 0.0845 e. The number of aliphatic hydroxyl groups excluding tert-OH is 1. The molecule has 5 rings (SSSR count). The molecule has 1 saturated heterocycles. The molecule has 0 radical (unpaired) electrons. The third-order valence-electron chi connectivity index (χ3n) is 6.22. The quantitative estimate of drug-likeness (QED) is 0.377. The van der Waals surface area contributed by atoms with Crippen LogP contribution in [0.2, 0.25) is 15.1 Å². The third kappa shape index (κ3) is 4.43. The minimum Gasteiger partial charge on any atom is -0.390 e. The van der Waals surface area contributed by atoms with Crippen LogP contribution in [0.5, 0.6) is 0 Å². The number of nitrogens with zero attached hydrogens (tertiary/aromatic N) is 3. The number of fused-ring (bicyclic) bond motifs is 3. The number of piperazine rings is 1. The van der Waals surface area contributed by atoms with Gasteiger partial charge in [-0.1, -0.05) is 34.8 Å². The summed E-state index contributed by atoms with van der Waals surface area (Å²) >= 11 is 18.5. The van der Waals surface area contributed by atoms with E-state index in [1.54, 1.807) is 0 Å². The molecule has 1 fully saturated rings. The van der Waals surface area contributed by atoms with Crippen LogP contribution in [0.3, 0.4) is 0 Å². The molecule has 0 spiro atoms. The topological polar surface area (TPSA) is 31.6 Å². The van der Waals surface area contributed by atoms with E-state index in [1.807, 2.05) is 48.5 Å². The van der Waals surface area contributed by atoms with Crippen molar-refractivity contribution in [2.75, 3.05) is 37.6 Å². The molecule has 1 atom stereocenters. The maximum absolute atomic E-state index is 11.0. The summed E-state index contributed by atoms with van der Waals surface area (Å²) in [7, 11) is 0. The fourth-order valence-corrected chi connectivity index (χ4v) is 5.12. The van der Waals surface area contributed by atoms with Crippen molar-refractivity contribution in [3.8, 4) is 0 Å². The lowest BCUT2D eigenvalue weighted by molar-refractivity contribution is 0.0969. The zero-order valence-electron chi connectivity index (χ0n) is 17.5. The first kappa shape index (κ1) is 21.9. The molecule has 166 valence electrons. The fourth-order valence-electron chi connectivity index (χ4n) is 4.65. The van der Waals surface area contributed by atoms with Gasteiger partial charge >= 0.3 is 0 Å². The molecule has 0 aliphatic carbocycles. The molecule has 0 bridgehead atoms. The van der Waals surface area contributed by atoms with E-state index in [9.17, 15) is 5.11 Å². The van der Waals surface area contributed by atoms with Gasteiger partial charge in [0.15, 0.2) is 0 Å². The second-order valence-electron chi connectivity index (χ2n) is 8.35. The van der Waals surface area contributed by atoms with Gasteiger partial charge in [0.25, 0.3) is 0 Å². The van der Waals surface area contributed by atoms with Crippen molar-refractivity contribution >= 4 is 62.3 Å². The van der Waals surface area contributed by atoms with Gasteiger partial charge in [0.1, 0.15) is 0 Å². The van der Waals surface area contributed by atoms with E-state index in [2.05, 4.69) is 26.5 Å². The van der Waals surface area contributed by atoms with E-state index >= 15 is 0 Å². The van der Waals surface area contributed by atoms with Crippen molar-refractivity contribution in [3.05, 3.63) is 75.7 Å². The summed E-state index contributed by atoms with van der Waals surface area (Å²) in [5, 5.41) is 15.2. The lowest BCUT2D eigenvalue weighted by Gasteiger charge is -2.37. The Hall–Kier alpha value is -1.95. The Morgan fingerprint density at radius 1 is 0.688 bits per heavy atom. The van der Waals surface area contributed by atoms with Crippen LogP contribution in [-0.2, 0) is 6.54 Å². The minimum absolute atomic E-state index is 0.484. The first-order chi connectivity index (χ1) is 15.5. The van der Waals surface area contributed by atoms with Crippen LogP contribution in [-0.4, -0.2) is 53.4 Å². The van der Waals surface area contributed by atoms with Crippen LogP contribution in [0, 0.1) is 0 Å². The van der Waals surface area contributed by atoms with Crippen LogP contribution in [0.25, 0.3) is 21.8 Å².